The van der Waals surface area contributed by atoms with Crippen LogP contribution in [0.25, 0.3) is 16.3 Å². The van der Waals surface area contributed by atoms with Crippen molar-refractivity contribution in [3.8, 4) is 0 Å². The first-order valence-electron chi connectivity index (χ1n) is 8.28. The van der Waals surface area contributed by atoms with Crippen molar-refractivity contribution < 1.29 is 9.18 Å². The lowest BCUT2D eigenvalue weighted by molar-refractivity contribution is -0.114. The zero-order valence-electron chi connectivity index (χ0n) is 14.7. The van der Waals surface area contributed by atoms with E-state index in [1.807, 2.05) is 49.3 Å². The van der Waals surface area contributed by atoms with Gasteiger partial charge in [0.25, 0.3) is 5.91 Å². The minimum absolute atomic E-state index is 0.143. The number of thiazole rings is 1. The van der Waals surface area contributed by atoms with Gasteiger partial charge in [0.15, 0.2) is 5.13 Å². The smallest absolute Gasteiger partial charge is 0.252 e. The molecule has 0 saturated carbocycles. The van der Waals surface area contributed by atoms with E-state index in [9.17, 15) is 9.18 Å². The van der Waals surface area contributed by atoms with Crippen molar-refractivity contribution in [1.29, 1.82) is 0 Å². The van der Waals surface area contributed by atoms with E-state index in [2.05, 4.69) is 4.98 Å². The molecule has 1 heterocycles. The maximum atomic E-state index is 13.4. The van der Waals surface area contributed by atoms with Crippen LogP contribution in [0.5, 0.6) is 0 Å². The average molecular weight is 369 g/mol. The molecule has 1 amide bonds. The molecule has 134 valence electrons. The molecular weight excluding hydrogens is 349 g/mol. The number of amides is 1. The van der Waals surface area contributed by atoms with Crippen LogP contribution in [0.3, 0.4) is 0 Å². The van der Waals surface area contributed by atoms with Crippen molar-refractivity contribution >= 4 is 38.7 Å². The summed E-state index contributed by atoms with van der Waals surface area (Å²) in [5.74, 6) is -0.446. The normalized spacial score (nSPS) is 11.5. The number of fused-ring (bicyclic) bond motifs is 1. The van der Waals surface area contributed by atoms with Crippen LogP contribution < -0.4 is 4.90 Å². The first kappa shape index (κ1) is 18.2. The number of anilines is 1. The van der Waals surface area contributed by atoms with Gasteiger partial charge in [0.05, 0.1) is 10.2 Å². The zero-order chi connectivity index (χ0) is 18.5. The van der Waals surface area contributed by atoms with Crippen LogP contribution in [0.4, 0.5) is 9.52 Å². The topological polar surface area (TPSA) is 36.4 Å². The van der Waals surface area contributed by atoms with E-state index in [1.54, 1.807) is 23.1 Å². The van der Waals surface area contributed by atoms with Gasteiger partial charge in [-0.05, 0) is 43.9 Å². The number of rotatable bonds is 6. The molecule has 0 saturated heterocycles. The van der Waals surface area contributed by atoms with Crippen molar-refractivity contribution in [3.05, 3.63) is 66.0 Å². The van der Waals surface area contributed by atoms with Crippen LogP contribution >= 0.6 is 11.3 Å². The largest absolute Gasteiger partial charge is 0.308 e. The third kappa shape index (κ3) is 4.53. The predicted octanol–water partition coefficient (Wildman–Crippen LogP) is 4.04. The number of benzene rings is 2. The molecular formula is C20H20FN3OS. The molecule has 3 rings (SSSR count). The Hall–Kier alpha value is -2.57. The Balaban J connectivity index is 1.87. The molecule has 0 aliphatic carbocycles. The summed E-state index contributed by atoms with van der Waals surface area (Å²) in [4.78, 5) is 20.9. The second-order valence-electron chi connectivity index (χ2n) is 6.15. The summed E-state index contributed by atoms with van der Waals surface area (Å²) in [5.41, 5.74) is 1.65. The first-order chi connectivity index (χ1) is 12.5. The lowest BCUT2D eigenvalue weighted by atomic mass is 10.2. The van der Waals surface area contributed by atoms with Gasteiger partial charge in [-0.2, -0.15) is 0 Å². The van der Waals surface area contributed by atoms with Gasteiger partial charge in [0.1, 0.15) is 5.82 Å². The Morgan fingerprint density at radius 3 is 2.65 bits per heavy atom. The molecule has 0 N–H and O–H groups in total. The van der Waals surface area contributed by atoms with Crippen molar-refractivity contribution in [1.82, 2.24) is 9.88 Å². The molecule has 4 nitrogen and oxygen atoms in total. The Labute approximate surface area is 156 Å². The minimum Gasteiger partial charge on any atom is -0.308 e. The van der Waals surface area contributed by atoms with Crippen LogP contribution in [0.15, 0.2) is 54.6 Å². The summed E-state index contributed by atoms with van der Waals surface area (Å²) in [7, 11) is 3.91. The summed E-state index contributed by atoms with van der Waals surface area (Å²) < 4.78 is 14.2. The van der Waals surface area contributed by atoms with Crippen molar-refractivity contribution in [2.24, 2.45) is 0 Å². The van der Waals surface area contributed by atoms with Crippen LogP contribution in [-0.2, 0) is 4.79 Å². The molecule has 0 aliphatic heterocycles. The second-order valence-corrected chi connectivity index (χ2v) is 7.15. The lowest BCUT2D eigenvalue weighted by Crippen LogP contribution is -2.35. The molecule has 2 aromatic carbocycles. The van der Waals surface area contributed by atoms with E-state index < -0.39 is 0 Å². The number of likely N-dealkylation sites (N-methyl/N-ethyl adjacent to an activating group) is 1. The summed E-state index contributed by atoms with van der Waals surface area (Å²) in [6.45, 7) is 1.21. The van der Waals surface area contributed by atoms with E-state index in [0.717, 1.165) is 10.3 Å². The standard InChI is InChI=1S/C20H20FN3OS/c1-23(2)12-13-24(19(25)11-8-15-6-4-3-5-7-15)20-22-17-10-9-16(21)14-18(17)26-20/h3-11,14H,12-13H2,1-2H3. The quantitative estimate of drug-likeness (QED) is 0.615. The lowest BCUT2D eigenvalue weighted by Gasteiger charge is -2.20. The highest BCUT2D eigenvalue weighted by molar-refractivity contribution is 7.22. The van der Waals surface area contributed by atoms with Gasteiger partial charge in [-0.3, -0.25) is 9.69 Å². The molecule has 3 aromatic rings. The Kier molecular flexibility index (Phi) is 5.75. The van der Waals surface area contributed by atoms with Gasteiger partial charge in [0, 0.05) is 19.2 Å². The van der Waals surface area contributed by atoms with E-state index >= 15 is 0 Å². The van der Waals surface area contributed by atoms with Crippen LogP contribution in [-0.4, -0.2) is 43.0 Å². The van der Waals surface area contributed by atoms with Crippen molar-refractivity contribution in [2.45, 2.75) is 0 Å². The van der Waals surface area contributed by atoms with Gasteiger partial charge in [0.2, 0.25) is 0 Å². The third-order valence-electron chi connectivity index (χ3n) is 3.82. The average Bonchev–Trinajstić information content (AvgIpc) is 3.03. The number of carbonyl (C=O) groups excluding carboxylic acids is 1. The first-order valence-corrected chi connectivity index (χ1v) is 9.10. The van der Waals surface area contributed by atoms with Crippen LogP contribution in [0, 0.1) is 5.82 Å². The number of nitrogens with zero attached hydrogens (tertiary/aromatic N) is 3. The summed E-state index contributed by atoms with van der Waals surface area (Å²) in [5, 5.41) is 0.579. The molecule has 6 heteroatoms. The fourth-order valence-electron chi connectivity index (χ4n) is 2.42. The van der Waals surface area contributed by atoms with E-state index in [0.29, 0.717) is 23.7 Å². The van der Waals surface area contributed by atoms with Gasteiger partial charge < -0.3 is 4.90 Å². The fourth-order valence-corrected chi connectivity index (χ4v) is 3.45. The molecule has 0 bridgehead atoms. The van der Waals surface area contributed by atoms with Gasteiger partial charge in [-0.25, -0.2) is 9.37 Å². The molecule has 1 aromatic heterocycles. The van der Waals surface area contributed by atoms with Gasteiger partial charge in [-0.1, -0.05) is 41.7 Å². The Bertz CT molecular complexity index is 921. The second kappa shape index (κ2) is 8.21. The third-order valence-corrected chi connectivity index (χ3v) is 4.87. The molecule has 0 radical (unpaired) electrons. The molecule has 0 spiro atoms. The minimum atomic E-state index is -0.303. The maximum absolute atomic E-state index is 13.4. The number of carbonyl (C=O) groups is 1. The molecule has 0 aliphatic rings. The van der Waals surface area contributed by atoms with Crippen LogP contribution in [0.2, 0.25) is 0 Å². The number of hydrogen-bond donors (Lipinski definition) is 0. The molecule has 0 unspecified atom stereocenters. The van der Waals surface area contributed by atoms with Crippen molar-refractivity contribution in [2.75, 3.05) is 32.1 Å². The number of aromatic nitrogens is 1. The predicted molar refractivity (Wildman–Crippen MR) is 106 cm³/mol. The summed E-state index contributed by atoms with van der Waals surface area (Å²) in [6.07, 6.45) is 3.34. The SMILES string of the molecule is CN(C)CCN(C(=O)C=Cc1ccccc1)c1nc2ccc(F)cc2s1. The van der Waals surface area contributed by atoms with E-state index in [1.165, 1.54) is 23.5 Å². The molecule has 0 fully saturated rings. The fraction of sp³-hybridized carbons (Fsp3) is 0.200. The maximum Gasteiger partial charge on any atom is 0.252 e. The summed E-state index contributed by atoms with van der Waals surface area (Å²) in [6, 6.07) is 14.1. The van der Waals surface area contributed by atoms with E-state index in [-0.39, 0.29) is 11.7 Å². The Morgan fingerprint density at radius 2 is 1.92 bits per heavy atom. The highest BCUT2D eigenvalue weighted by Crippen LogP contribution is 2.29. The molecule has 0 atom stereocenters. The molecule has 26 heavy (non-hydrogen) atoms. The highest BCUT2D eigenvalue weighted by atomic mass is 32.1. The van der Waals surface area contributed by atoms with Gasteiger partial charge >= 0.3 is 0 Å². The van der Waals surface area contributed by atoms with Gasteiger partial charge in [-0.15, -0.1) is 0 Å². The summed E-state index contributed by atoms with van der Waals surface area (Å²) >= 11 is 1.32. The van der Waals surface area contributed by atoms with E-state index in [4.69, 9.17) is 0 Å². The Morgan fingerprint density at radius 1 is 1.15 bits per heavy atom. The zero-order valence-corrected chi connectivity index (χ0v) is 15.5. The number of halogens is 1. The highest BCUT2D eigenvalue weighted by Gasteiger charge is 2.18. The number of hydrogen-bond acceptors (Lipinski definition) is 4. The monoisotopic (exact) mass is 369 g/mol. The van der Waals surface area contributed by atoms with Crippen LogP contribution in [0.1, 0.15) is 5.56 Å². The van der Waals surface area contributed by atoms with Crippen molar-refractivity contribution in [3.63, 3.8) is 0 Å².